The topological polar surface area (TPSA) is 98.8 Å². The highest BCUT2D eigenvalue weighted by atomic mass is 79.9. The molecule has 0 unspecified atom stereocenters. The maximum Gasteiger partial charge on any atom is 0.510 e. The molecule has 0 saturated heterocycles. The number of carbonyl (C=O) groups is 1. The molecule has 2 aromatic heterocycles. The summed E-state index contributed by atoms with van der Waals surface area (Å²) in [6, 6.07) is 11.3. The number of carbonyl (C=O) groups excluding carboxylic acids is 1. The fraction of sp³-hybridized carbons (Fsp3) is 0.238. The second-order valence-electron chi connectivity index (χ2n) is 6.62. The molecule has 0 saturated carbocycles. The number of halogens is 1. The number of aryl methyl sites for hydroxylation is 1. The van der Waals surface area contributed by atoms with Crippen LogP contribution in [-0.4, -0.2) is 44.9 Å². The summed E-state index contributed by atoms with van der Waals surface area (Å²) >= 11 is 3.56. The van der Waals surface area contributed by atoms with Gasteiger partial charge in [0.2, 0.25) is 0 Å². The number of aromatic nitrogens is 3. The Morgan fingerprint density at radius 1 is 1.23 bits per heavy atom. The smallest absolute Gasteiger partial charge is 0.434 e. The van der Waals surface area contributed by atoms with Crippen LogP contribution in [0.5, 0.6) is 0 Å². The first-order valence-electron chi connectivity index (χ1n) is 9.32. The van der Waals surface area contributed by atoms with E-state index in [1.807, 2.05) is 43.3 Å². The number of imidazole rings is 1. The Balaban J connectivity index is 1.80. The number of aliphatic hydroxyl groups excluding tert-OH is 1. The highest BCUT2D eigenvalue weighted by Crippen LogP contribution is 2.34. The van der Waals surface area contributed by atoms with E-state index in [1.54, 1.807) is 12.4 Å². The number of fused-ring (bicyclic) bond motifs is 3. The number of hydrogen-bond acceptors (Lipinski definition) is 7. The van der Waals surface area contributed by atoms with Gasteiger partial charge in [0, 0.05) is 34.5 Å². The monoisotopic (exact) mass is 470 g/mol. The molecule has 1 atom stereocenters. The zero-order valence-electron chi connectivity index (χ0n) is 16.2. The van der Waals surface area contributed by atoms with Crippen molar-refractivity contribution in [1.29, 1.82) is 0 Å². The molecule has 8 nitrogen and oxygen atoms in total. The molecule has 0 fully saturated rings. The number of ether oxygens (including phenoxy) is 2. The van der Waals surface area contributed by atoms with Gasteiger partial charge in [-0.05, 0) is 37.3 Å². The molecule has 0 amide bonds. The van der Waals surface area contributed by atoms with Crippen molar-refractivity contribution in [3.8, 4) is 5.69 Å². The Morgan fingerprint density at radius 3 is 2.87 bits per heavy atom. The molecule has 1 aliphatic rings. The Labute approximate surface area is 181 Å². The minimum Gasteiger partial charge on any atom is -0.434 e. The van der Waals surface area contributed by atoms with Gasteiger partial charge in [-0.1, -0.05) is 22.0 Å². The van der Waals surface area contributed by atoms with Crippen LogP contribution in [0.4, 0.5) is 4.79 Å². The number of aliphatic hydroxyl groups is 1. The van der Waals surface area contributed by atoms with Crippen molar-refractivity contribution >= 4 is 27.8 Å². The largest absolute Gasteiger partial charge is 0.510 e. The van der Waals surface area contributed by atoms with Crippen molar-refractivity contribution in [3.05, 3.63) is 76.0 Å². The lowest BCUT2D eigenvalue weighted by Crippen LogP contribution is -2.13. The zero-order chi connectivity index (χ0) is 21.1. The lowest BCUT2D eigenvalue weighted by atomic mass is 10.0. The number of aliphatic imine (C=N–C) groups is 1. The summed E-state index contributed by atoms with van der Waals surface area (Å²) in [5.74, 6) is 0.751. The third-order valence-corrected chi connectivity index (χ3v) is 5.20. The average molecular weight is 471 g/mol. The highest BCUT2D eigenvalue weighted by molar-refractivity contribution is 9.10. The van der Waals surface area contributed by atoms with Crippen molar-refractivity contribution in [3.63, 3.8) is 0 Å². The van der Waals surface area contributed by atoms with E-state index < -0.39 is 12.9 Å². The Kier molecular flexibility index (Phi) is 5.91. The number of hydrogen-bond donors (Lipinski definition) is 1. The Hall–Kier alpha value is -3.04. The van der Waals surface area contributed by atoms with Crippen LogP contribution in [-0.2, 0) is 9.47 Å². The molecule has 0 spiro atoms. The molecular formula is C21H19BrN4O4. The van der Waals surface area contributed by atoms with Crippen LogP contribution < -0.4 is 0 Å². The first kappa shape index (κ1) is 20.2. The van der Waals surface area contributed by atoms with Gasteiger partial charge in [0.15, 0.2) is 6.79 Å². The van der Waals surface area contributed by atoms with E-state index in [9.17, 15) is 4.79 Å². The van der Waals surface area contributed by atoms with Crippen molar-refractivity contribution in [2.24, 2.45) is 4.99 Å². The predicted octanol–water partition coefficient (Wildman–Crippen LogP) is 3.72. The zero-order valence-corrected chi connectivity index (χ0v) is 17.7. The van der Waals surface area contributed by atoms with Gasteiger partial charge in [-0.15, -0.1) is 0 Å². The van der Waals surface area contributed by atoms with Crippen LogP contribution in [0.3, 0.4) is 0 Å². The van der Waals surface area contributed by atoms with E-state index in [1.165, 1.54) is 0 Å². The number of pyridine rings is 1. The van der Waals surface area contributed by atoms with Gasteiger partial charge in [-0.25, -0.2) is 9.78 Å². The van der Waals surface area contributed by atoms with Gasteiger partial charge < -0.3 is 14.6 Å². The fourth-order valence-electron chi connectivity index (χ4n) is 3.43. The van der Waals surface area contributed by atoms with Gasteiger partial charge in [-0.2, -0.15) is 0 Å². The van der Waals surface area contributed by atoms with Crippen molar-refractivity contribution in [2.75, 3.05) is 13.4 Å². The standard InChI is InChI=1S/C21H19BrN4O4/c1-13-11-24-20-17(7-9-29-21(28)30-12-27)25-19(16-4-2-3-8-23-16)15-10-14(22)5-6-18(15)26(13)20/h2-6,8,10-11,17,27H,7,9,12H2,1H3/t17-/m0/s1. The van der Waals surface area contributed by atoms with Crippen LogP contribution in [0.1, 0.15) is 35.2 Å². The molecule has 1 aromatic carbocycles. The van der Waals surface area contributed by atoms with Gasteiger partial charge in [0.1, 0.15) is 11.9 Å². The van der Waals surface area contributed by atoms with Crippen LogP contribution >= 0.6 is 15.9 Å². The van der Waals surface area contributed by atoms with E-state index in [0.717, 1.165) is 38.6 Å². The van der Waals surface area contributed by atoms with Gasteiger partial charge >= 0.3 is 6.16 Å². The molecule has 3 aromatic rings. The highest BCUT2D eigenvalue weighted by Gasteiger charge is 2.28. The van der Waals surface area contributed by atoms with Gasteiger partial charge in [-0.3, -0.25) is 14.5 Å². The van der Waals surface area contributed by atoms with Crippen molar-refractivity contribution < 1.29 is 19.4 Å². The first-order chi connectivity index (χ1) is 14.6. The molecule has 4 rings (SSSR count). The average Bonchev–Trinajstić information content (AvgIpc) is 3.06. The molecule has 154 valence electrons. The summed E-state index contributed by atoms with van der Waals surface area (Å²) in [7, 11) is 0. The third-order valence-electron chi connectivity index (χ3n) is 4.70. The number of rotatable bonds is 5. The van der Waals surface area contributed by atoms with Crippen LogP contribution in [0.2, 0.25) is 0 Å². The van der Waals surface area contributed by atoms with Crippen molar-refractivity contribution in [2.45, 2.75) is 19.4 Å². The summed E-state index contributed by atoms with van der Waals surface area (Å²) < 4.78 is 12.4. The molecule has 3 heterocycles. The second kappa shape index (κ2) is 8.76. The number of benzene rings is 1. The van der Waals surface area contributed by atoms with E-state index in [2.05, 4.69) is 35.2 Å². The second-order valence-corrected chi connectivity index (χ2v) is 7.54. The molecule has 0 bridgehead atoms. The summed E-state index contributed by atoms with van der Waals surface area (Å²) in [6.45, 7) is 1.33. The number of nitrogens with zero attached hydrogens (tertiary/aromatic N) is 4. The van der Waals surface area contributed by atoms with E-state index in [4.69, 9.17) is 14.8 Å². The molecule has 30 heavy (non-hydrogen) atoms. The molecular weight excluding hydrogens is 452 g/mol. The van der Waals surface area contributed by atoms with Crippen LogP contribution in [0.15, 0.2) is 58.3 Å². The molecule has 1 N–H and O–H groups in total. The van der Waals surface area contributed by atoms with Crippen LogP contribution in [0.25, 0.3) is 5.69 Å². The third kappa shape index (κ3) is 3.99. The van der Waals surface area contributed by atoms with E-state index in [0.29, 0.717) is 6.42 Å². The van der Waals surface area contributed by atoms with E-state index >= 15 is 0 Å². The molecule has 1 aliphatic heterocycles. The fourth-order valence-corrected chi connectivity index (χ4v) is 3.79. The predicted molar refractivity (Wildman–Crippen MR) is 113 cm³/mol. The molecule has 0 aliphatic carbocycles. The van der Waals surface area contributed by atoms with Gasteiger partial charge in [0.05, 0.1) is 23.7 Å². The summed E-state index contributed by atoms with van der Waals surface area (Å²) in [5, 5.41) is 8.67. The summed E-state index contributed by atoms with van der Waals surface area (Å²) in [5.41, 5.74) is 4.33. The normalized spacial score (nSPS) is 14.9. The summed E-state index contributed by atoms with van der Waals surface area (Å²) in [6.07, 6.45) is 3.00. The first-order valence-corrected chi connectivity index (χ1v) is 10.1. The SMILES string of the molecule is Cc1cnc2n1-c1ccc(Br)cc1C(c1ccccn1)=N[C@H]2CCOC(=O)OCO. The lowest BCUT2D eigenvalue weighted by molar-refractivity contribution is -0.00648. The minimum absolute atomic E-state index is 0.0639. The lowest BCUT2D eigenvalue weighted by Gasteiger charge is -2.14. The van der Waals surface area contributed by atoms with E-state index in [-0.39, 0.29) is 12.6 Å². The quantitative estimate of drug-likeness (QED) is 0.450. The maximum absolute atomic E-state index is 11.4. The minimum atomic E-state index is -0.924. The maximum atomic E-state index is 11.4. The summed E-state index contributed by atoms with van der Waals surface area (Å²) in [4.78, 5) is 25.5. The van der Waals surface area contributed by atoms with Gasteiger partial charge in [0.25, 0.3) is 0 Å². The Morgan fingerprint density at radius 2 is 2.10 bits per heavy atom. The van der Waals surface area contributed by atoms with Crippen LogP contribution in [0, 0.1) is 6.92 Å². The Bertz CT molecular complexity index is 1100. The molecule has 9 heteroatoms. The van der Waals surface area contributed by atoms with Crippen molar-refractivity contribution in [1.82, 2.24) is 14.5 Å². The molecule has 0 radical (unpaired) electrons.